The Balaban J connectivity index is 0.713. The molecule has 27 heteroatoms. The number of hydrogen-bond donors (Lipinski definition) is 5. The molecule has 3 atom stereocenters. The van der Waals surface area contributed by atoms with Crippen molar-refractivity contribution < 1.29 is 51.5 Å². The number of allylic oxidation sites excluding steroid dienone is 1. The van der Waals surface area contributed by atoms with Gasteiger partial charge in [-0.3, -0.25) is 43.9 Å². The molecular formula is C79H95ClFN11O11S3. The third kappa shape index (κ3) is 20.0. The average Bonchev–Trinajstić information content (AvgIpc) is 1.57. The van der Waals surface area contributed by atoms with Crippen LogP contribution < -0.4 is 30.3 Å². The first-order valence-corrected chi connectivity index (χ1v) is 39.8. The van der Waals surface area contributed by atoms with Crippen molar-refractivity contribution >= 4 is 96.9 Å². The van der Waals surface area contributed by atoms with Crippen molar-refractivity contribution in [2.24, 2.45) is 10.8 Å². The van der Waals surface area contributed by atoms with Crippen molar-refractivity contribution in [2.75, 3.05) is 94.6 Å². The summed E-state index contributed by atoms with van der Waals surface area (Å²) in [5.74, 6) is 4.03. The Kier molecular flexibility index (Phi) is 24.8. The number of piperazine rings is 2. The number of nitro benzene ring substituents is 1. The SMILES string of the molecule is Cc1ncsc1-c1ccc(CNC(=O)[C@@H]2C[C@@H](O)CN2C(=O)[C@@H](NC(=O)C2(F)CC2)C(C)(C)C)c(OCCCC(=O)N2CCN(CC#Cc3cc(NC(C)(C)CSc4ccccc4)c([N+](=O)[O-])cc3S(=O)(=O)NC(=O)c3ccc(N4CCN(CC5=C(c6ccc(Cl)cc6)CCC(C)(C)C5)CC4)cc3)CC2)c1. The highest BCUT2D eigenvalue weighted by Gasteiger charge is 2.53. The molecule has 3 aliphatic heterocycles. The van der Waals surface area contributed by atoms with E-state index in [0.717, 1.165) is 84.8 Å². The summed E-state index contributed by atoms with van der Waals surface area (Å²) in [6, 6.07) is 30.2. The Morgan fingerprint density at radius 3 is 2.24 bits per heavy atom. The number of β-amino-alcohol motifs (C(OH)–C–C–N with tert-alkyl or cyclic N) is 1. The van der Waals surface area contributed by atoms with Crippen molar-refractivity contribution in [1.29, 1.82) is 0 Å². The molecule has 0 spiro atoms. The highest BCUT2D eigenvalue weighted by atomic mass is 35.5. The number of aliphatic hydroxyl groups is 1. The number of sulfonamides is 1. The molecule has 0 radical (unpaired) electrons. The second-order valence-electron chi connectivity index (χ2n) is 30.8. The summed E-state index contributed by atoms with van der Waals surface area (Å²) in [5.41, 5.74) is 5.11. The predicted molar refractivity (Wildman–Crippen MR) is 413 cm³/mol. The van der Waals surface area contributed by atoms with Gasteiger partial charge in [-0.1, -0.05) is 106 Å². The van der Waals surface area contributed by atoms with Crippen molar-refractivity contribution in [3.63, 3.8) is 0 Å². The number of carbonyl (C=O) groups excluding carboxylic acids is 5. The van der Waals surface area contributed by atoms with Crippen LogP contribution in [0.2, 0.25) is 5.02 Å². The third-order valence-corrected chi connectivity index (χ3v) is 24.3. The summed E-state index contributed by atoms with van der Waals surface area (Å²) >= 11 is 9.28. The molecule has 5 N–H and O–H groups in total. The third-order valence-electron chi connectivity index (χ3n) is 20.2. The second kappa shape index (κ2) is 33.4. The van der Waals surface area contributed by atoms with Crippen LogP contribution in [0.5, 0.6) is 5.75 Å². The van der Waals surface area contributed by atoms with Gasteiger partial charge in [-0.15, -0.1) is 23.1 Å². The summed E-state index contributed by atoms with van der Waals surface area (Å²) in [5, 5.41) is 33.2. The topological polar surface area (TPSA) is 269 Å². The number of aliphatic hydroxyl groups excluding tert-OH is 1. The van der Waals surface area contributed by atoms with E-state index in [0.29, 0.717) is 54.7 Å². The molecule has 106 heavy (non-hydrogen) atoms. The van der Waals surface area contributed by atoms with Gasteiger partial charge in [-0.2, -0.15) is 0 Å². The largest absolute Gasteiger partial charge is 0.493 e. The summed E-state index contributed by atoms with van der Waals surface area (Å²) < 4.78 is 52.5. The first-order chi connectivity index (χ1) is 50.3. The number of aryl methyl sites for hydroxylation is 1. The predicted octanol–water partition coefficient (Wildman–Crippen LogP) is 11.5. The number of halogens is 2. The lowest BCUT2D eigenvalue weighted by Gasteiger charge is -2.39. The number of ether oxygens (including phenoxy) is 1. The molecule has 564 valence electrons. The number of nitrogens with zero attached hydrogens (tertiary/aromatic N) is 7. The summed E-state index contributed by atoms with van der Waals surface area (Å²) in [6.07, 6.45) is 2.75. The van der Waals surface area contributed by atoms with E-state index in [1.165, 1.54) is 39.0 Å². The fraction of sp³-hybridized carbons (Fsp3) is 0.468. The standard InChI is InChI=1S/C79H95ClFN11O11S3/c1-52-70(105-51-83-52)56-18-19-57(47-82-73(96)66-44-61(93)49-91(66)74(97)71(76(2,3)4)84-75(98)79(81)30-31-79)67(43-56)103-41-13-17-69(94)90-39-33-87(34-40-90)32-12-14-55-42-64(85-78(7,8)50-104-62-15-10-9-11-16-62)65(92(99)100)45-68(55)106(101,102)86-72(95)54-22-26-60(27-23-54)89-37-35-88(36-38-89)48-58-46-77(5,6)29-28-63(58)53-20-24-59(80)25-21-53/h9-11,15-16,18-27,42-43,45,51,61,66,71,85,93H,13,17,28-41,44,46-50H2,1-8H3,(H,82,96)(H,84,98)(H,86,95)/t61-,66+,71-/m1/s1. The molecule has 0 bridgehead atoms. The number of thiazole rings is 1. The number of hydrogen-bond acceptors (Lipinski definition) is 18. The Labute approximate surface area is 633 Å². The van der Waals surface area contributed by atoms with Crippen molar-refractivity contribution in [2.45, 2.75) is 152 Å². The first kappa shape index (κ1) is 78.6. The minimum Gasteiger partial charge on any atom is -0.493 e. The summed E-state index contributed by atoms with van der Waals surface area (Å²) in [6.45, 7) is 21.4. The van der Waals surface area contributed by atoms with Gasteiger partial charge >= 0.3 is 0 Å². The maximum atomic E-state index is 14.8. The zero-order chi connectivity index (χ0) is 75.9. The smallest absolute Gasteiger partial charge is 0.293 e. The zero-order valence-electron chi connectivity index (χ0n) is 61.4. The molecule has 1 aromatic heterocycles. The Morgan fingerprint density at radius 1 is 0.887 bits per heavy atom. The molecule has 4 fully saturated rings. The number of aromatic nitrogens is 1. The highest BCUT2D eigenvalue weighted by molar-refractivity contribution is 7.99. The zero-order valence-corrected chi connectivity index (χ0v) is 64.6. The van der Waals surface area contributed by atoms with Crippen LogP contribution in [0.15, 0.2) is 130 Å². The number of nitrogens with one attached hydrogen (secondary N) is 4. The number of likely N-dealkylation sites (tertiary alicyclic amines) is 1. The number of benzene rings is 5. The molecule has 1 saturated carbocycles. The number of anilines is 2. The van der Waals surface area contributed by atoms with Gasteiger partial charge < -0.3 is 40.5 Å². The van der Waals surface area contributed by atoms with Crippen LogP contribution >= 0.6 is 34.7 Å². The molecule has 5 aromatic carbocycles. The molecule has 5 aliphatic rings. The number of nitro groups is 1. The van der Waals surface area contributed by atoms with Gasteiger partial charge in [0.2, 0.25) is 17.7 Å². The van der Waals surface area contributed by atoms with E-state index in [4.69, 9.17) is 16.3 Å². The number of rotatable bonds is 26. The van der Waals surface area contributed by atoms with Gasteiger partial charge in [0.15, 0.2) is 5.67 Å². The average molecular weight is 1530 g/mol. The fourth-order valence-electron chi connectivity index (χ4n) is 13.9. The van der Waals surface area contributed by atoms with Crippen molar-refractivity contribution in [3.05, 3.63) is 163 Å². The molecule has 5 amide bonds. The van der Waals surface area contributed by atoms with Crippen molar-refractivity contribution in [1.82, 2.24) is 39.9 Å². The Hall–Kier alpha value is -8.42. The van der Waals surface area contributed by atoms with E-state index >= 15 is 0 Å². The second-order valence-corrected chi connectivity index (χ2v) is 34.8. The van der Waals surface area contributed by atoms with E-state index in [9.17, 15) is 52.0 Å². The first-order valence-electron chi connectivity index (χ1n) is 36.1. The minimum absolute atomic E-state index is 0.0112. The minimum atomic E-state index is -4.80. The number of amides is 5. The molecule has 4 heterocycles. The van der Waals surface area contributed by atoms with E-state index < -0.39 is 84.0 Å². The van der Waals surface area contributed by atoms with E-state index in [-0.39, 0.29) is 80.1 Å². The highest BCUT2D eigenvalue weighted by Crippen LogP contribution is 2.44. The monoisotopic (exact) mass is 1520 g/mol. The maximum Gasteiger partial charge on any atom is 0.293 e. The number of carbonyl (C=O) groups is 5. The number of alkyl halides is 1. The van der Waals surface area contributed by atoms with Crippen LogP contribution in [0.1, 0.15) is 133 Å². The lowest BCUT2D eigenvalue weighted by atomic mass is 9.73. The lowest BCUT2D eigenvalue weighted by molar-refractivity contribution is -0.384. The molecule has 22 nitrogen and oxygen atoms in total. The normalized spacial score (nSPS) is 18.7. The lowest BCUT2D eigenvalue weighted by Crippen LogP contribution is -2.59. The van der Waals surface area contributed by atoms with Gasteiger partial charge in [-0.25, -0.2) is 22.5 Å². The molecule has 0 unspecified atom stereocenters. The van der Waals surface area contributed by atoms with Crippen LogP contribution in [0.25, 0.3) is 16.0 Å². The Bertz CT molecular complexity index is 4440. The van der Waals surface area contributed by atoms with Crippen LogP contribution in [0.3, 0.4) is 0 Å². The van der Waals surface area contributed by atoms with E-state index in [1.807, 2.05) is 86.3 Å². The summed E-state index contributed by atoms with van der Waals surface area (Å²) in [4.78, 5) is 96.5. The van der Waals surface area contributed by atoms with Gasteiger partial charge in [-0.05, 0) is 147 Å². The molecule has 11 rings (SSSR count). The summed E-state index contributed by atoms with van der Waals surface area (Å²) in [7, 11) is -4.80. The fourth-order valence-corrected chi connectivity index (χ4v) is 16.9. The molecule has 2 aliphatic carbocycles. The van der Waals surface area contributed by atoms with E-state index in [1.54, 1.807) is 67.2 Å². The van der Waals surface area contributed by atoms with Crippen molar-refractivity contribution in [3.8, 4) is 28.0 Å². The van der Waals surface area contributed by atoms with Gasteiger partial charge in [0.05, 0.1) is 40.3 Å². The Morgan fingerprint density at radius 2 is 1.58 bits per heavy atom. The molecule has 6 aromatic rings. The van der Waals surface area contributed by atoms with Gasteiger partial charge in [0.25, 0.3) is 27.5 Å². The van der Waals surface area contributed by atoms with Gasteiger partial charge in [0, 0.05) is 134 Å². The quantitative estimate of drug-likeness (QED) is 0.0111. The van der Waals surface area contributed by atoms with Crippen LogP contribution in [-0.2, 0) is 35.7 Å². The molecular weight excluding hydrogens is 1430 g/mol. The molecule has 3 saturated heterocycles. The number of thioether (sulfide) groups is 1. The van der Waals surface area contributed by atoms with Crippen LogP contribution in [-0.4, -0.2) is 186 Å². The van der Waals surface area contributed by atoms with Crippen LogP contribution in [0, 0.1) is 39.7 Å². The van der Waals surface area contributed by atoms with Gasteiger partial charge in [0.1, 0.15) is 28.4 Å². The van der Waals surface area contributed by atoms with Crippen LogP contribution in [0.4, 0.5) is 21.5 Å². The van der Waals surface area contributed by atoms with E-state index in [2.05, 4.69) is 73.3 Å². The maximum absolute atomic E-state index is 14.8.